The molecule has 0 aliphatic heterocycles. The molecule has 3 unspecified atom stereocenters. The Bertz CT molecular complexity index is 617. The van der Waals surface area contributed by atoms with Crippen LogP contribution in [0.15, 0.2) is 48.5 Å². The van der Waals surface area contributed by atoms with E-state index in [0.29, 0.717) is 17.4 Å². The van der Waals surface area contributed by atoms with Crippen molar-refractivity contribution in [2.75, 3.05) is 7.11 Å². The summed E-state index contributed by atoms with van der Waals surface area (Å²) in [6, 6.07) is 15.3. The van der Waals surface area contributed by atoms with Gasteiger partial charge in [-0.3, -0.25) is 11.3 Å². The monoisotopic (exact) mass is 286 g/mol. The van der Waals surface area contributed by atoms with Gasteiger partial charge in [0.05, 0.1) is 13.2 Å². The summed E-state index contributed by atoms with van der Waals surface area (Å²) in [5.74, 6) is 6.34. The van der Waals surface area contributed by atoms with Gasteiger partial charge in [0.25, 0.3) is 0 Å². The number of ether oxygens (including phenoxy) is 1. The van der Waals surface area contributed by atoms with Crippen LogP contribution in [0.5, 0.6) is 5.75 Å². The van der Waals surface area contributed by atoms with Gasteiger partial charge >= 0.3 is 0 Å². The van der Waals surface area contributed by atoms with Crippen molar-refractivity contribution in [1.82, 2.24) is 5.43 Å². The molecule has 0 amide bonds. The molecule has 3 atom stereocenters. The normalized spacial score (nSPS) is 21.9. The first-order valence-electron chi connectivity index (χ1n) is 7.09. The number of hydrogen-bond acceptors (Lipinski definition) is 3. The van der Waals surface area contributed by atoms with E-state index in [0.717, 1.165) is 6.42 Å². The van der Waals surface area contributed by atoms with Crippen LogP contribution in [-0.2, 0) is 0 Å². The van der Waals surface area contributed by atoms with E-state index in [1.54, 1.807) is 18.2 Å². The second-order valence-electron chi connectivity index (χ2n) is 5.42. The SMILES string of the molecule is COc1cccc(C(NN)C2CC2c2ccccc2)c1F. The molecular formula is C17H19FN2O. The summed E-state index contributed by atoms with van der Waals surface area (Å²) in [6.07, 6.45) is 1.01. The van der Waals surface area contributed by atoms with Crippen molar-refractivity contribution >= 4 is 0 Å². The summed E-state index contributed by atoms with van der Waals surface area (Å²) in [5, 5.41) is 0. The zero-order valence-electron chi connectivity index (χ0n) is 11.9. The number of nitrogens with two attached hydrogens (primary N) is 1. The molecular weight excluding hydrogens is 267 g/mol. The van der Waals surface area contributed by atoms with Crippen LogP contribution >= 0.6 is 0 Å². The Morgan fingerprint density at radius 2 is 1.95 bits per heavy atom. The molecule has 0 aromatic heterocycles. The van der Waals surface area contributed by atoms with Gasteiger partial charge in [-0.1, -0.05) is 42.5 Å². The average molecular weight is 286 g/mol. The van der Waals surface area contributed by atoms with Crippen molar-refractivity contribution < 1.29 is 9.13 Å². The van der Waals surface area contributed by atoms with Gasteiger partial charge in [-0.15, -0.1) is 0 Å². The maximum atomic E-state index is 14.4. The third kappa shape index (κ3) is 2.64. The molecule has 3 N–H and O–H groups in total. The highest BCUT2D eigenvalue weighted by Crippen LogP contribution is 2.54. The van der Waals surface area contributed by atoms with Crippen LogP contribution in [0, 0.1) is 11.7 Å². The highest BCUT2D eigenvalue weighted by molar-refractivity contribution is 5.36. The smallest absolute Gasteiger partial charge is 0.169 e. The minimum absolute atomic E-state index is 0.203. The van der Waals surface area contributed by atoms with E-state index in [1.807, 2.05) is 18.2 Å². The summed E-state index contributed by atoms with van der Waals surface area (Å²) < 4.78 is 19.5. The average Bonchev–Trinajstić information content (AvgIpc) is 3.31. The first kappa shape index (κ1) is 14.0. The number of halogens is 1. The molecule has 2 aromatic rings. The molecule has 0 saturated heterocycles. The lowest BCUT2D eigenvalue weighted by Crippen LogP contribution is -2.30. The van der Waals surface area contributed by atoms with E-state index in [-0.39, 0.29) is 17.6 Å². The highest BCUT2D eigenvalue weighted by atomic mass is 19.1. The minimum atomic E-state index is -0.332. The first-order valence-corrected chi connectivity index (χ1v) is 7.09. The second-order valence-corrected chi connectivity index (χ2v) is 5.42. The van der Waals surface area contributed by atoms with Crippen LogP contribution in [0.4, 0.5) is 4.39 Å². The topological polar surface area (TPSA) is 47.3 Å². The van der Waals surface area contributed by atoms with Crippen LogP contribution in [0.1, 0.15) is 29.5 Å². The fraction of sp³-hybridized carbons (Fsp3) is 0.294. The third-order valence-corrected chi connectivity index (χ3v) is 4.22. The van der Waals surface area contributed by atoms with Gasteiger partial charge in [0.1, 0.15) is 0 Å². The fourth-order valence-corrected chi connectivity index (χ4v) is 3.04. The fourth-order valence-electron chi connectivity index (χ4n) is 3.04. The zero-order valence-corrected chi connectivity index (χ0v) is 11.9. The van der Waals surface area contributed by atoms with Crippen molar-refractivity contribution in [3.05, 3.63) is 65.5 Å². The molecule has 4 heteroatoms. The molecule has 3 rings (SSSR count). The second kappa shape index (κ2) is 5.84. The van der Waals surface area contributed by atoms with Crippen molar-refractivity contribution in [3.8, 4) is 5.75 Å². The Balaban J connectivity index is 1.85. The molecule has 1 aliphatic rings. The first-order chi connectivity index (χ1) is 10.3. The number of rotatable bonds is 5. The van der Waals surface area contributed by atoms with Gasteiger partial charge in [0.15, 0.2) is 11.6 Å². The predicted molar refractivity (Wildman–Crippen MR) is 80.3 cm³/mol. The number of methoxy groups -OCH3 is 1. The van der Waals surface area contributed by atoms with Crippen molar-refractivity contribution in [2.24, 2.45) is 11.8 Å². The third-order valence-electron chi connectivity index (χ3n) is 4.22. The number of hydrazine groups is 1. The maximum Gasteiger partial charge on any atom is 0.169 e. The molecule has 0 radical (unpaired) electrons. The molecule has 21 heavy (non-hydrogen) atoms. The predicted octanol–water partition coefficient (Wildman–Crippen LogP) is 3.14. The van der Waals surface area contributed by atoms with Crippen LogP contribution in [0.3, 0.4) is 0 Å². The van der Waals surface area contributed by atoms with Gasteiger partial charge in [-0.05, 0) is 29.9 Å². The minimum Gasteiger partial charge on any atom is -0.494 e. The van der Waals surface area contributed by atoms with Crippen LogP contribution in [0.25, 0.3) is 0 Å². The zero-order chi connectivity index (χ0) is 14.8. The van der Waals surface area contributed by atoms with Gasteiger partial charge in [-0.2, -0.15) is 0 Å². The van der Waals surface area contributed by atoms with E-state index >= 15 is 0 Å². The molecule has 1 fully saturated rings. The number of hydrogen-bond donors (Lipinski definition) is 2. The van der Waals surface area contributed by atoms with Crippen LogP contribution in [0.2, 0.25) is 0 Å². The largest absolute Gasteiger partial charge is 0.494 e. The molecule has 2 aromatic carbocycles. The molecule has 0 spiro atoms. The van der Waals surface area contributed by atoms with Gasteiger partial charge in [0, 0.05) is 5.56 Å². The molecule has 3 nitrogen and oxygen atoms in total. The Morgan fingerprint density at radius 3 is 2.62 bits per heavy atom. The molecule has 110 valence electrons. The molecule has 1 aliphatic carbocycles. The maximum absolute atomic E-state index is 14.4. The Labute approximate surface area is 123 Å². The summed E-state index contributed by atoms with van der Waals surface area (Å²) in [5.41, 5.74) is 4.63. The Morgan fingerprint density at radius 1 is 1.19 bits per heavy atom. The summed E-state index contributed by atoms with van der Waals surface area (Å²) in [4.78, 5) is 0. The number of nitrogens with one attached hydrogen (secondary N) is 1. The van der Waals surface area contributed by atoms with Crippen LogP contribution < -0.4 is 16.0 Å². The highest BCUT2D eigenvalue weighted by Gasteiger charge is 2.45. The summed E-state index contributed by atoms with van der Waals surface area (Å²) in [6.45, 7) is 0. The molecule has 0 heterocycles. The van der Waals surface area contributed by atoms with Gasteiger partial charge in [0.2, 0.25) is 0 Å². The molecule has 0 bridgehead atoms. The lowest BCUT2D eigenvalue weighted by Gasteiger charge is -2.18. The molecule has 1 saturated carbocycles. The number of benzene rings is 2. The Hall–Kier alpha value is -1.91. The van der Waals surface area contributed by atoms with Gasteiger partial charge < -0.3 is 4.74 Å². The van der Waals surface area contributed by atoms with E-state index in [9.17, 15) is 4.39 Å². The van der Waals surface area contributed by atoms with E-state index < -0.39 is 0 Å². The van der Waals surface area contributed by atoms with Crippen molar-refractivity contribution in [3.63, 3.8) is 0 Å². The van der Waals surface area contributed by atoms with Crippen LogP contribution in [-0.4, -0.2) is 7.11 Å². The lowest BCUT2D eigenvalue weighted by molar-refractivity contribution is 0.375. The van der Waals surface area contributed by atoms with E-state index in [2.05, 4.69) is 17.6 Å². The Kier molecular flexibility index (Phi) is 3.90. The van der Waals surface area contributed by atoms with Crippen molar-refractivity contribution in [2.45, 2.75) is 18.4 Å². The van der Waals surface area contributed by atoms with Gasteiger partial charge in [-0.25, -0.2) is 4.39 Å². The van der Waals surface area contributed by atoms with E-state index in [4.69, 9.17) is 10.6 Å². The quantitative estimate of drug-likeness (QED) is 0.655. The summed E-state index contributed by atoms with van der Waals surface area (Å²) in [7, 11) is 1.47. The van der Waals surface area contributed by atoms with E-state index in [1.165, 1.54) is 12.7 Å². The standard InChI is InChI=1S/C17H19FN2O/c1-21-15-9-5-8-12(16(15)18)17(20-19)14-10-13(14)11-6-3-2-4-7-11/h2-9,13-14,17,20H,10,19H2,1H3. The van der Waals surface area contributed by atoms with Crippen molar-refractivity contribution in [1.29, 1.82) is 0 Å². The summed E-state index contributed by atoms with van der Waals surface area (Å²) >= 11 is 0. The lowest BCUT2D eigenvalue weighted by atomic mass is 9.98.